The number of rotatable bonds is 7. The molecule has 0 unspecified atom stereocenters. The molecule has 2 aromatic heterocycles. The zero-order valence-corrected chi connectivity index (χ0v) is 17.9. The molecule has 0 fully saturated rings. The van der Waals surface area contributed by atoms with Gasteiger partial charge in [-0.05, 0) is 75.6 Å². The highest BCUT2D eigenvalue weighted by molar-refractivity contribution is 7.22. The Morgan fingerprint density at radius 3 is 2.74 bits per heavy atom. The lowest BCUT2D eigenvalue weighted by Gasteiger charge is -2.19. The summed E-state index contributed by atoms with van der Waals surface area (Å²) in [5, 5.41) is 2.79. The monoisotopic (exact) mass is 399 g/mol. The van der Waals surface area contributed by atoms with Crippen molar-refractivity contribution in [3.63, 3.8) is 0 Å². The van der Waals surface area contributed by atoms with E-state index < -0.39 is 0 Å². The van der Waals surface area contributed by atoms with E-state index in [9.17, 15) is 4.79 Å². The quantitative estimate of drug-likeness (QED) is 0.526. The minimum absolute atomic E-state index is 0.0180. The number of amides is 1. The summed E-state index contributed by atoms with van der Waals surface area (Å²) in [6.45, 7) is 5.77. The molecule has 27 heavy (non-hydrogen) atoms. The van der Waals surface area contributed by atoms with E-state index in [1.807, 2.05) is 42.6 Å². The predicted octanol–water partition coefficient (Wildman–Crippen LogP) is 4.97. The van der Waals surface area contributed by atoms with Gasteiger partial charge in [0.1, 0.15) is 0 Å². The Balaban J connectivity index is 1.88. The third-order valence-corrected chi connectivity index (χ3v) is 6.29. The Morgan fingerprint density at radius 2 is 2.04 bits per heavy atom. The van der Waals surface area contributed by atoms with Crippen molar-refractivity contribution in [3.8, 4) is 0 Å². The van der Waals surface area contributed by atoms with Crippen LogP contribution in [0.4, 0.5) is 5.13 Å². The summed E-state index contributed by atoms with van der Waals surface area (Å²) >= 11 is 3.22. The Hall–Kier alpha value is -2.02. The molecule has 0 bridgehead atoms. The van der Waals surface area contributed by atoms with E-state index >= 15 is 0 Å². The zero-order chi connectivity index (χ0) is 19.4. The maximum atomic E-state index is 12.9. The van der Waals surface area contributed by atoms with Crippen LogP contribution < -0.4 is 4.90 Å². The topological polar surface area (TPSA) is 36.4 Å². The molecule has 0 saturated heterocycles. The number of benzene rings is 1. The summed E-state index contributed by atoms with van der Waals surface area (Å²) in [4.78, 5) is 22.7. The second kappa shape index (κ2) is 8.78. The van der Waals surface area contributed by atoms with Gasteiger partial charge < -0.3 is 4.90 Å². The van der Waals surface area contributed by atoms with Gasteiger partial charge in [-0.2, -0.15) is 0 Å². The van der Waals surface area contributed by atoms with Crippen LogP contribution in [0.3, 0.4) is 0 Å². The molecule has 0 aliphatic rings. The molecule has 0 radical (unpaired) electrons. The molecular weight excluding hydrogens is 374 g/mol. The molecule has 0 atom stereocenters. The van der Waals surface area contributed by atoms with E-state index in [4.69, 9.17) is 4.98 Å². The molecule has 0 saturated carbocycles. The van der Waals surface area contributed by atoms with Crippen molar-refractivity contribution >= 4 is 50.0 Å². The molecule has 2 heterocycles. The number of aromatic nitrogens is 1. The number of thiophene rings is 1. The van der Waals surface area contributed by atoms with Crippen molar-refractivity contribution in [1.82, 2.24) is 9.88 Å². The zero-order valence-electron chi connectivity index (χ0n) is 16.2. The first kappa shape index (κ1) is 19.7. The van der Waals surface area contributed by atoms with Gasteiger partial charge in [-0.15, -0.1) is 11.3 Å². The van der Waals surface area contributed by atoms with Gasteiger partial charge in [0.25, 0.3) is 5.91 Å². The number of hydrogen-bond acceptors (Lipinski definition) is 5. The molecule has 1 aromatic carbocycles. The lowest BCUT2D eigenvalue weighted by Crippen LogP contribution is -2.32. The number of aryl methyl sites for hydroxylation is 2. The molecule has 0 aliphatic heterocycles. The van der Waals surface area contributed by atoms with Gasteiger partial charge in [-0.25, -0.2) is 4.98 Å². The van der Waals surface area contributed by atoms with Crippen molar-refractivity contribution in [2.24, 2.45) is 0 Å². The molecule has 4 nitrogen and oxygen atoms in total. The van der Waals surface area contributed by atoms with Gasteiger partial charge in [0.15, 0.2) is 5.13 Å². The van der Waals surface area contributed by atoms with E-state index in [0.717, 1.165) is 33.2 Å². The van der Waals surface area contributed by atoms with Crippen LogP contribution in [0.2, 0.25) is 0 Å². The standard InChI is InChI=1S/C21H25N3OS2/c1-15-13-16(2)20-18(14-15)22-21(27-20)24(11-6-10-23(3)4)19(25)9-8-17-7-5-12-26-17/h5,7-9,12-14H,6,10-11H2,1-4H3. The number of carbonyl (C=O) groups excluding carboxylic acids is 1. The molecule has 3 aromatic rings. The summed E-state index contributed by atoms with van der Waals surface area (Å²) in [5.74, 6) is -0.0180. The van der Waals surface area contributed by atoms with Crippen LogP contribution in [-0.4, -0.2) is 43.0 Å². The average molecular weight is 400 g/mol. The SMILES string of the molecule is Cc1cc(C)c2sc(N(CCCN(C)C)C(=O)C=Cc3cccs3)nc2c1. The van der Waals surface area contributed by atoms with Gasteiger partial charge in [0.2, 0.25) is 0 Å². The van der Waals surface area contributed by atoms with E-state index in [-0.39, 0.29) is 5.91 Å². The molecule has 3 rings (SSSR count). The van der Waals surface area contributed by atoms with Crippen LogP contribution >= 0.6 is 22.7 Å². The summed E-state index contributed by atoms with van der Waals surface area (Å²) in [6.07, 6.45) is 4.44. The lowest BCUT2D eigenvalue weighted by molar-refractivity contribution is -0.114. The van der Waals surface area contributed by atoms with Crippen LogP contribution in [0.5, 0.6) is 0 Å². The maximum Gasteiger partial charge on any atom is 0.252 e. The van der Waals surface area contributed by atoms with Gasteiger partial charge in [0, 0.05) is 17.5 Å². The third-order valence-electron chi connectivity index (χ3n) is 4.23. The van der Waals surface area contributed by atoms with Crippen molar-refractivity contribution < 1.29 is 4.79 Å². The van der Waals surface area contributed by atoms with E-state index in [1.165, 1.54) is 11.1 Å². The van der Waals surface area contributed by atoms with Gasteiger partial charge in [0.05, 0.1) is 10.2 Å². The number of thiazole rings is 1. The fourth-order valence-electron chi connectivity index (χ4n) is 2.96. The molecule has 0 aliphatic carbocycles. The van der Waals surface area contributed by atoms with Crippen LogP contribution in [-0.2, 0) is 4.79 Å². The second-order valence-electron chi connectivity index (χ2n) is 6.92. The summed E-state index contributed by atoms with van der Waals surface area (Å²) in [7, 11) is 4.10. The largest absolute Gasteiger partial charge is 0.309 e. The van der Waals surface area contributed by atoms with E-state index in [2.05, 4.69) is 30.9 Å². The number of fused-ring (bicyclic) bond motifs is 1. The molecule has 0 spiro atoms. The first-order valence-corrected chi connectivity index (χ1v) is 10.7. The summed E-state index contributed by atoms with van der Waals surface area (Å²) < 4.78 is 1.16. The van der Waals surface area contributed by atoms with Gasteiger partial charge in [-0.1, -0.05) is 23.5 Å². The third kappa shape index (κ3) is 5.03. The minimum Gasteiger partial charge on any atom is -0.309 e. The molecular formula is C21H25N3OS2. The van der Waals surface area contributed by atoms with Crippen molar-refractivity contribution in [2.75, 3.05) is 32.1 Å². The first-order chi connectivity index (χ1) is 12.9. The molecule has 0 N–H and O–H groups in total. The van der Waals surface area contributed by atoms with Gasteiger partial charge in [-0.3, -0.25) is 9.69 Å². The molecule has 1 amide bonds. The van der Waals surface area contributed by atoms with Crippen molar-refractivity contribution in [2.45, 2.75) is 20.3 Å². The number of carbonyl (C=O) groups is 1. The Bertz CT molecular complexity index is 942. The fraction of sp³-hybridized carbons (Fsp3) is 0.333. The highest BCUT2D eigenvalue weighted by atomic mass is 32.1. The Kier molecular flexibility index (Phi) is 6.42. The van der Waals surface area contributed by atoms with Crippen molar-refractivity contribution in [3.05, 3.63) is 51.7 Å². The summed E-state index contributed by atoms with van der Waals surface area (Å²) in [5.41, 5.74) is 3.38. The van der Waals surface area contributed by atoms with Crippen LogP contribution in [0.25, 0.3) is 16.3 Å². The summed E-state index contributed by atoms with van der Waals surface area (Å²) in [6, 6.07) is 8.25. The van der Waals surface area contributed by atoms with Crippen LogP contribution in [0, 0.1) is 13.8 Å². The number of hydrogen-bond donors (Lipinski definition) is 0. The van der Waals surface area contributed by atoms with E-state index in [1.54, 1.807) is 28.7 Å². The van der Waals surface area contributed by atoms with Crippen molar-refractivity contribution in [1.29, 1.82) is 0 Å². The highest BCUT2D eigenvalue weighted by Crippen LogP contribution is 2.32. The maximum absolute atomic E-state index is 12.9. The number of anilines is 1. The Labute approximate surface area is 168 Å². The van der Waals surface area contributed by atoms with Gasteiger partial charge >= 0.3 is 0 Å². The van der Waals surface area contributed by atoms with Crippen LogP contribution in [0.15, 0.2) is 35.7 Å². The fourth-order valence-corrected chi connectivity index (χ4v) is 4.62. The second-order valence-corrected chi connectivity index (χ2v) is 8.88. The minimum atomic E-state index is -0.0180. The smallest absolute Gasteiger partial charge is 0.252 e. The van der Waals surface area contributed by atoms with Crippen LogP contribution in [0.1, 0.15) is 22.4 Å². The van der Waals surface area contributed by atoms with E-state index in [0.29, 0.717) is 6.54 Å². The normalized spacial score (nSPS) is 11.7. The average Bonchev–Trinajstić information content (AvgIpc) is 3.25. The lowest BCUT2D eigenvalue weighted by atomic mass is 10.1. The number of nitrogens with zero attached hydrogens (tertiary/aromatic N) is 3. The highest BCUT2D eigenvalue weighted by Gasteiger charge is 2.18. The molecule has 142 valence electrons. The predicted molar refractivity (Wildman–Crippen MR) is 118 cm³/mol. The first-order valence-electron chi connectivity index (χ1n) is 8.99. The Morgan fingerprint density at radius 1 is 1.22 bits per heavy atom. The molecule has 6 heteroatoms.